The molecule has 7 nitrogen and oxygen atoms in total. The van der Waals surface area contributed by atoms with E-state index in [1.807, 2.05) is 0 Å². The van der Waals surface area contributed by atoms with Crippen molar-refractivity contribution in [2.45, 2.75) is 65.2 Å². The number of hydrogen-bond acceptors (Lipinski definition) is 7. The van der Waals surface area contributed by atoms with Crippen molar-refractivity contribution >= 4 is 23.9 Å². The van der Waals surface area contributed by atoms with Gasteiger partial charge in [-0.25, -0.2) is 19.2 Å². The molecule has 1 aliphatic rings. The Kier molecular flexibility index (Phi) is 8.77. The average Bonchev–Trinajstić information content (AvgIpc) is 3.00. The van der Waals surface area contributed by atoms with Crippen LogP contribution in [0.1, 0.15) is 94.9 Å². The first-order chi connectivity index (χ1) is 14.4. The van der Waals surface area contributed by atoms with Crippen LogP contribution in [0.15, 0.2) is 18.7 Å². The Hall–Kier alpha value is -2.96. The van der Waals surface area contributed by atoms with E-state index in [1.54, 1.807) is 0 Å². The Labute approximate surface area is 176 Å². The summed E-state index contributed by atoms with van der Waals surface area (Å²) < 4.78 is 15.1. The number of cyclic esters (lactones) is 2. The highest BCUT2D eigenvalue weighted by Gasteiger charge is 2.37. The van der Waals surface area contributed by atoms with Crippen LogP contribution in [0.4, 0.5) is 0 Å². The number of ether oxygens (including phenoxy) is 3. The molecule has 162 valence electrons. The zero-order chi connectivity index (χ0) is 22.1. The minimum absolute atomic E-state index is 0.0238. The Morgan fingerprint density at radius 3 is 2.30 bits per heavy atom. The van der Waals surface area contributed by atoms with Crippen molar-refractivity contribution < 1.29 is 33.4 Å². The molecule has 1 heterocycles. The van der Waals surface area contributed by atoms with Crippen molar-refractivity contribution in [2.24, 2.45) is 0 Å². The smallest absolute Gasteiger partial charge is 0.347 e. The van der Waals surface area contributed by atoms with E-state index in [1.165, 1.54) is 38.7 Å². The van der Waals surface area contributed by atoms with Gasteiger partial charge < -0.3 is 14.2 Å². The van der Waals surface area contributed by atoms with Gasteiger partial charge in [0.15, 0.2) is 0 Å². The second-order valence-corrected chi connectivity index (χ2v) is 7.21. The predicted molar refractivity (Wildman–Crippen MR) is 110 cm³/mol. The maximum absolute atomic E-state index is 12.7. The summed E-state index contributed by atoms with van der Waals surface area (Å²) in [6.45, 7) is 7.20. The fourth-order valence-electron chi connectivity index (χ4n) is 3.30. The van der Waals surface area contributed by atoms with Crippen LogP contribution in [0.2, 0.25) is 0 Å². The summed E-state index contributed by atoms with van der Waals surface area (Å²) in [5.41, 5.74) is -0.181. The minimum atomic E-state index is -0.918. The van der Waals surface area contributed by atoms with E-state index in [9.17, 15) is 19.2 Å². The Morgan fingerprint density at radius 1 is 1.03 bits per heavy atom. The third-order valence-electron chi connectivity index (χ3n) is 4.96. The van der Waals surface area contributed by atoms with Crippen molar-refractivity contribution in [3.05, 3.63) is 41.0 Å². The molecule has 2 rings (SSSR count). The molecule has 0 radical (unpaired) electrons. The number of unbranched alkanes of at least 4 members (excludes halogenated alkanes) is 7. The molecule has 0 saturated heterocycles. The quantitative estimate of drug-likeness (QED) is 0.160. The van der Waals surface area contributed by atoms with E-state index in [0.29, 0.717) is 6.42 Å². The van der Waals surface area contributed by atoms with Crippen molar-refractivity contribution in [1.82, 2.24) is 0 Å². The maximum atomic E-state index is 12.7. The van der Waals surface area contributed by atoms with Crippen LogP contribution in [0.5, 0.6) is 5.75 Å². The van der Waals surface area contributed by atoms with Crippen molar-refractivity contribution in [2.75, 3.05) is 6.61 Å². The van der Waals surface area contributed by atoms with Gasteiger partial charge in [0.2, 0.25) is 0 Å². The van der Waals surface area contributed by atoms with Crippen LogP contribution in [0.25, 0.3) is 0 Å². The molecule has 1 aliphatic heterocycles. The molecule has 0 amide bonds. The van der Waals surface area contributed by atoms with Gasteiger partial charge in [0.05, 0.1) is 23.3 Å². The van der Waals surface area contributed by atoms with Gasteiger partial charge in [-0.05, 0) is 19.4 Å². The lowest BCUT2D eigenvalue weighted by Crippen LogP contribution is -2.16. The van der Waals surface area contributed by atoms with Crippen LogP contribution in [-0.2, 0) is 14.3 Å². The van der Waals surface area contributed by atoms with Gasteiger partial charge in [0.25, 0.3) is 0 Å². The molecule has 7 heteroatoms. The van der Waals surface area contributed by atoms with E-state index in [4.69, 9.17) is 9.47 Å². The Balaban J connectivity index is 2.04. The second kappa shape index (κ2) is 11.3. The molecule has 1 aromatic rings. The standard InChI is InChI=1S/C23H28O7/c1-4-6-7-8-9-10-11-12-13-28-22(26)19-15(3)17(29-18(24)5-2)14-16-20(19)23(27)30-21(16)25/h5,14H,2,4,6-13H2,1,3H3. The lowest BCUT2D eigenvalue weighted by molar-refractivity contribution is -0.129. The second-order valence-electron chi connectivity index (χ2n) is 7.21. The molecule has 1 aromatic carbocycles. The summed E-state index contributed by atoms with van der Waals surface area (Å²) in [5.74, 6) is -3.35. The van der Waals surface area contributed by atoms with Crippen LogP contribution in [0, 0.1) is 6.92 Å². The highest BCUT2D eigenvalue weighted by Crippen LogP contribution is 2.33. The summed E-state index contributed by atoms with van der Waals surface area (Å²) in [7, 11) is 0. The molecule has 30 heavy (non-hydrogen) atoms. The first-order valence-electron chi connectivity index (χ1n) is 10.4. The van der Waals surface area contributed by atoms with Gasteiger partial charge >= 0.3 is 23.9 Å². The topological polar surface area (TPSA) is 96.0 Å². The number of benzene rings is 1. The van der Waals surface area contributed by atoms with E-state index >= 15 is 0 Å². The van der Waals surface area contributed by atoms with Crippen molar-refractivity contribution in [3.8, 4) is 5.75 Å². The summed E-state index contributed by atoms with van der Waals surface area (Å²) in [4.78, 5) is 48.3. The van der Waals surface area contributed by atoms with Crippen LogP contribution in [0.3, 0.4) is 0 Å². The summed E-state index contributed by atoms with van der Waals surface area (Å²) in [5, 5.41) is 0. The zero-order valence-electron chi connectivity index (χ0n) is 17.6. The maximum Gasteiger partial charge on any atom is 0.347 e. The molecule has 0 saturated carbocycles. The number of esters is 4. The molecule has 0 aromatic heterocycles. The van der Waals surface area contributed by atoms with Crippen molar-refractivity contribution in [3.63, 3.8) is 0 Å². The fourth-order valence-corrected chi connectivity index (χ4v) is 3.30. The average molecular weight is 416 g/mol. The summed E-state index contributed by atoms with van der Waals surface area (Å²) in [6.07, 6.45) is 9.76. The number of rotatable bonds is 12. The molecule has 0 aliphatic carbocycles. The molecule has 0 bridgehead atoms. The first kappa shape index (κ1) is 23.3. The predicted octanol–water partition coefficient (Wildman–Crippen LogP) is 4.69. The number of hydrogen-bond donors (Lipinski definition) is 0. The number of carbonyl (C=O) groups excluding carboxylic acids is 4. The normalized spacial score (nSPS) is 12.3. The monoisotopic (exact) mass is 416 g/mol. The SMILES string of the molecule is C=CC(=O)Oc1cc2c(c(C(=O)OCCCCCCCCCC)c1C)C(=O)OC2=O. The van der Waals surface area contributed by atoms with E-state index in [0.717, 1.165) is 25.3 Å². The van der Waals surface area contributed by atoms with Gasteiger partial charge in [-0.2, -0.15) is 0 Å². The molecular weight excluding hydrogens is 388 g/mol. The van der Waals surface area contributed by atoms with Crippen LogP contribution >= 0.6 is 0 Å². The first-order valence-corrected chi connectivity index (χ1v) is 10.4. The molecule has 0 N–H and O–H groups in total. The molecule has 0 spiro atoms. The lowest BCUT2D eigenvalue weighted by Gasteiger charge is -2.13. The van der Waals surface area contributed by atoms with Gasteiger partial charge in [0.1, 0.15) is 5.75 Å². The minimum Gasteiger partial charge on any atom is -0.462 e. The molecular formula is C23H28O7. The summed E-state index contributed by atoms with van der Waals surface area (Å²) in [6, 6.07) is 1.22. The van der Waals surface area contributed by atoms with Crippen molar-refractivity contribution in [1.29, 1.82) is 0 Å². The zero-order valence-corrected chi connectivity index (χ0v) is 17.6. The van der Waals surface area contributed by atoms with Gasteiger partial charge in [-0.3, -0.25) is 0 Å². The molecule has 0 atom stereocenters. The van der Waals surface area contributed by atoms with E-state index in [2.05, 4.69) is 18.2 Å². The number of carbonyl (C=O) groups is 4. The van der Waals surface area contributed by atoms with Crippen LogP contribution < -0.4 is 4.74 Å². The largest absolute Gasteiger partial charge is 0.462 e. The molecule has 0 unspecified atom stereocenters. The number of fused-ring (bicyclic) bond motifs is 1. The summed E-state index contributed by atoms with van der Waals surface area (Å²) >= 11 is 0. The fraction of sp³-hybridized carbons (Fsp3) is 0.478. The molecule has 0 fully saturated rings. The van der Waals surface area contributed by atoms with E-state index < -0.39 is 23.9 Å². The third-order valence-corrected chi connectivity index (χ3v) is 4.96. The Morgan fingerprint density at radius 2 is 1.67 bits per heavy atom. The highest BCUT2D eigenvalue weighted by molar-refractivity contribution is 6.19. The van der Waals surface area contributed by atoms with E-state index in [-0.39, 0.29) is 34.6 Å². The van der Waals surface area contributed by atoms with Crippen LogP contribution in [-0.4, -0.2) is 30.5 Å². The van der Waals surface area contributed by atoms with Gasteiger partial charge in [0, 0.05) is 11.6 Å². The van der Waals surface area contributed by atoms with Gasteiger partial charge in [-0.15, -0.1) is 0 Å². The Bertz CT molecular complexity index is 838. The lowest BCUT2D eigenvalue weighted by atomic mass is 9.96. The van der Waals surface area contributed by atoms with Gasteiger partial charge in [-0.1, -0.05) is 58.4 Å². The third kappa shape index (κ3) is 5.78. The highest BCUT2D eigenvalue weighted by atomic mass is 16.6.